The standard InChI is InChI=1S/C14H25N3O4/c1-20-17-6-2-11(3-7-17)8-14(19)16-5-4-12(9-16)21-10-13(15)18/h11-12H,2-10H2,1H3,(H2,15,18). The first-order valence-corrected chi connectivity index (χ1v) is 7.55. The van der Waals surface area contributed by atoms with Crippen molar-refractivity contribution in [1.29, 1.82) is 0 Å². The van der Waals surface area contributed by atoms with Crippen LogP contribution < -0.4 is 5.73 Å². The normalized spacial score (nSPS) is 24.4. The Bertz CT molecular complexity index is 369. The Morgan fingerprint density at radius 3 is 2.52 bits per heavy atom. The lowest BCUT2D eigenvalue weighted by Crippen LogP contribution is -2.36. The summed E-state index contributed by atoms with van der Waals surface area (Å²) in [6.45, 7) is 2.99. The highest BCUT2D eigenvalue weighted by Crippen LogP contribution is 2.23. The van der Waals surface area contributed by atoms with Gasteiger partial charge in [0.15, 0.2) is 0 Å². The van der Waals surface area contributed by atoms with E-state index < -0.39 is 5.91 Å². The molecule has 1 atom stereocenters. The summed E-state index contributed by atoms with van der Waals surface area (Å²) in [6.07, 6.45) is 3.31. The van der Waals surface area contributed by atoms with E-state index in [9.17, 15) is 9.59 Å². The molecular weight excluding hydrogens is 274 g/mol. The minimum atomic E-state index is -0.468. The largest absolute Gasteiger partial charge is 0.368 e. The van der Waals surface area contributed by atoms with E-state index in [0.29, 0.717) is 25.4 Å². The van der Waals surface area contributed by atoms with Crippen molar-refractivity contribution in [2.24, 2.45) is 11.7 Å². The zero-order valence-corrected chi connectivity index (χ0v) is 12.6. The number of primary amides is 1. The van der Waals surface area contributed by atoms with Crippen LogP contribution in [-0.4, -0.2) is 67.8 Å². The van der Waals surface area contributed by atoms with E-state index in [1.165, 1.54) is 0 Å². The van der Waals surface area contributed by atoms with Gasteiger partial charge in [-0.25, -0.2) is 0 Å². The molecule has 120 valence electrons. The average Bonchev–Trinajstić information content (AvgIpc) is 2.95. The summed E-state index contributed by atoms with van der Waals surface area (Å²) >= 11 is 0. The molecule has 21 heavy (non-hydrogen) atoms. The van der Waals surface area contributed by atoms with Crippen LogP contribution in [0.2, 0.25) is 0 Å². The van der Waals surface area contributed by atoms with Gasteiger partial charge in [-0.05, 0) is 25.2 Å². The lowest BCUT2D eigenvalue weighted by atomic mass is 9.94. The minimum Gasteiger partial charge on any atom is -0.368 e. The highest BCUT2D eigenvalue weighted by molar-refractivity contribution is 5.77. The maximum absolute atomic E-state index is 12.3. The molecule has 2 fully saturated rings. The predicted octanol–water partition coefficient (Wildman–Crippen LogP) is -0.247. The number of likely N-dealkylation sites (tertiary alicyclic amines) is 1. The van der Waals surface area contributed by atoms with E-state index >= 15 is 0 Å². The Morgan fingerprint density at radius 2 is 1.90 bits per heavy atom. The van der Waals surface area contributed by atoms with Gasteiger partial charge in [0.2, 0.25) is 11.8 Å². The first kappa shape index (κ1) is 16.2. The highest BCUT2D eigenvalue weighted by atomic mass is 16.7. The Morgan fingerprint density at radius 1 is 1.19 bits per heavy atom. The molecule has 0 saturated carbocycles. The number of ether oxygens (including phenoxy) is 1. The fraction of sp³-hybridized carbons (Fsp3) is 0.857. The number of hydrogen-bond acceptors (Lipinski definition) is 5. The zero-order valence-electron chi connectivity index (χ0n) is 12.6. The molecule has 0 spiro atoms. The van der Waals surface area contributed by atoms with Crippen LogP contribution in [0.25, 0.3) is 0 Å². The Balaban J connectivity index is 1.68. The monoisotopic (exact) mass is 299 g/mol. The third-order valence-electron chi connectivity index (χ3n) is 4.25. The maximum Gasteiger partial charge on any atom is 0.243 e. The van der Waals surface area contributed by atoms with Gasteiger partial charge in [-0.3, -0.25) is 9.59 Å². The van der Waals surface area contributed by atoms with Gasteiger partial charge in [0.05, 0.1) is 13.2 Å². The second kappa shape index (κ2) is 7.72. The number of hydrogen-bond donors (Lipinski definition) is 1. The van der Waals surface area contributed by atoms with Crippen molar-refractivity contribution in [1.82, 2.24) is 9.96 Å². The van der Waals surface area contributed by atoms with Crippen molar-refractivity contribution >= 4 is 11.8 Å². The number of nitrogens with two attached hydrogens (primary N) is 1. The molecule has 0 radical (unpaired) electrons. The summed E-state index contributed by atoms with van der Waals surface area (Å²) in [5, 5.41) is 1.94. The smallest absolute Gasteiger partial charge is 0.243 e. The van der Waals surface area contributed by atoms with E-state index in [1.807, 2.05) is 9.96 Å². The third-order valence-corrected chi connectivity index (χ3v) is 4.25. The van der Waals surface area contributed by atoms with E-state index in [1.54, 1.807) is 7.11 Å². The van der Waals surface area contributed by atoms with Gasteiger partial charge in [0.25, 0.3) is 0 Å². The fourth-order valence-corrected chi connectivity index (χ4v) is 2.96. The van der Waals surface area contributed by atoms with Crippen LogP contribution in [0.1, 0.15) is 25.7 Å². The van der Waals surface area contributed by atoms with Crippen LogP contribution in [0.3, 0.4) is 0 Å². The summed E-state index contributed by atoms with van der Waals surface area (Å²) in [5.41, 5.74) is 5.05. The van der Waals surface area contributed by atoms with Gasteiger partial charge in [0, 0.05) is 32.6 Å². The molecule has 7 nitrogen and oxygen atoms in total. The molecule has 2 aliphatic heterocycles. The van der Waals surface area contributed by atoms with Crippen molar-refractivity contribution in [2.75, 3.05) is 39.9 Å². The molecule has 0 aromatic rings. The lowest BCUT2D eigenvalue weighted by Gasteiger charge is -2.30. The van der Waals surface area contributed by atoms with Crippen LogP contribution in [0.15, 0.2) is 0 Å². The van der Waals surface area contributed by atoms with E-state index in [2.05, 4.69) is 0 Å². The molecule has 0 aliphatic carbocycles. The first-order valence-electron chi connectivity index (χ1n) is 7.55. The highest BCUT2D eigenvalue weighted by Gasteiger charge is 2.29. The van der Waals surface area contributed by atoms with E-state index in [0.717, 1.165) is 32.4 Å². The Kier molecular flexibility index (Phi) is 5.96. The number of rotatable bonds is 6. The van der Waals surface area contributed by atoms with Crippen LogP contribution in [0.5, 0.6) is 0 Å². The second-order valence-electron chi connectivity index (χ2n) is 5.79. The minimum absolute atomic E-state index is 0.0585. The van der Waals surface area contributed by atoms with Gasteiger partial charge >= 0.3 is 0 Å². The molecule has 0 bridgehead atoms. The summed E-state index contributed by atoms with van der Waals surface area (Å²) < 4.78 is 5.37. The first-order chi connectivity index (χ1) is 10.1. The molecule has 0 aromatic carbocycles. The molecule has 2 aliphatic rings. The average molecular weight is 299 g/mol. The van der Waals surface area contributed by atoms with Crippen LogP contribution in [0.4, 0.5) is 0 Å². The van der Waals surface area contributed by atoms with Gasteiger partial charge in [-0.2, -0.15) is 5.06 Å². The molecule has 2 saturated heterocycles. The summed E-state index contributed by atoms with van der Waals surface area (Å²) in [6, 6.07) is 0. The van der Waals surface area contributed by atoms with Gasteiger partial charge in [0.1, 0.15) is 6.61 Å². The SMILES string of the molecule is CON1CCC(CC(=O)N2CCC(OCC(N)=O)C2)CC1. The molecule has 1 unspecified atom stereocenters. The number of hydroxylamine groups is 2. The summed E-state index contributed by atoms with van der Waals surface area (Å²) in [7, 11) is 1.68. The summed E-state index contributed by atoms with van der Waals surface area (Å²) in [4.78, 5) is 30.0. The molecule has 0 aromatic heterocycles. The second-order valence-corrected chi connectivity index (χ2v) is 5.79. The third kappa shape index (κ3) is 4.94. The molecule has 2 N–H and O–H groups in total. The molecular formula is C14H25N3O4. The molecule has 2 rings (SSSR count). The molecule has 2 heterocycles. The quantitative estimate of drug-likeness (QED) is 0.731. The van der Waals surface area contributed by atoms with Crippen molar-refractivity contribution in [3.05, 3.63) is 0 Å². The number of carbonyl (C=O) groups is 2. The predicted molar refractivity (Wildman–Crippen MR) is 76.1 cm³/mol. The molecule has 7 heteroatoms. The van der Waals surface area contributed by atoms with Crippen molar-refractivity contribution in [3.8, 4) is 0 Å². The number of amides is 2. The Labute approximate surface area is 125 Å². The van der Waals surface area contributed by atoms with E-state index in [4.69, 9.17) is 15.3 Å². The van der Waals surface area contributed by atoms with Crippen LogP contribution in [-0.2, 0) is 19.2 Å². The van der Waals surface area contributed by atoms with Crippen LogP contribution in [0, 0.1) is 5.92 Å². The van der Waals surface area contributed by atoms with Crippen LogP contribution >= 0.6 is 0 Å². The topological polar surface area (TPSA) is 85.1 Å². The van der Waals surface area contributed by atoms with Gasteiger partial charge in [-0.1, -0.05) is 0 Å². The molecule has 2 amide bonds. The fourth-order valence-electron chi connectivity index (χ4n) is 2.96. The van der Waals surface area contributed by atoms with Crippen molar-refractivity contribution in [3.63, 3.8) is 0 Å². The van der Waals surface area contributed by atoms with Gasteiger partial charge in [-0.15, -0.1) is 0 Å². The summed E-state index contributed by atoms with van der Waals surface area (Å²) in [5.74, 6) is 0.162. The lowest BCUT2D eigenvalue weighted by molar-refractivity contribution is -0.151. The Hall–Kier alpha value is -1.18. The van der Waals surface area contributed by atoms with Gasteiger partial charge < -0.3 is 20.2 Å². The number of carbonyl (C=O) groups excluding carboxylic acids is 2. The number of nitrogens with zero attached hydrogens (tertiary/aromatic N) is 2. The van der Waals surface area contributed by atoms with Crippen molar-refractivity contribution < 1.29 is 19.2 Å². The zero-order chi connectivity index (χ0) is 15.2. The van der Waals surface area contributed by atoms with E-state index in [-0.39, 0.29) is 18.6 Å². The number of piperidine rings is 1. The maximum atomic E-state index is 12.3. The van der Waals surface area contributed by atoms with Crippen molar-refractivity contribution in [2.45, 2.75) is 31.8 Å².